The second kappa shape index (κ2) is 11.7. The van der Waals surface area contributed by atoms with Crippen LogP contribution in [0.25, 0.3) is 0 Å². The normalized spacial score (nSPS) is 11.1. The second-order valence-corrected chi connectivity index (χ2v) is 6.72. The van der Waals surface area contributed by atoms with E-state index in [1.54, 1.807) is 42.5 Å². The highest BCUT2D eigenvalue weighted by molar-refractivity contribution is 5.95. The molecule has 0 saturated heterocycles. The lowest BCUT2D eigenvalue weighted by atomic mass is 10.1. The third-order valence-corrected chi connectivity index (χ3v) is 3.98. The molecule has 10 heteroatoms. The molecule has 2 rings (SSSR count). The van der Waals surface area contributed by atoms with Crippen molar-refractivity contribution < 1.29 is 23.8 Å². The van der Waals surface area contributed by atoms with Gasteiger partial charge in [-0.2, -0.15) is 0 Å². The lowest BCUT2D eigenvalue weighted by molar-refractivity contribution is -0.141. The number of hydrogen-bond donors (Lipinski definition) is 4. The van der Waals surface area contributed by atoms with Crippen LogP contribution in [0.2, 0.25) is 0 Å². The number of nitrogen functional groups attached to an aromatic ring is 1. The average molecular weight is 451 g/mol. The van der Waals surface area contributed by atoms with Crippen molar-refractivity contribution in [3.63, 3.8) is 0 Å². The monoisotopic (exact) mass is 450 g/mol. The van der Waals surface area contributed by atoms with Crippen LogP contribution in [0.1, 0.15) is 31.0 Å². The predicted octanol–water partition coefficient (Wildman–Crippen LogP) is 2.37. The van der Waals surface area contributed by atoms with Crippen molar-refractivity contribution >= 4 is 35.8 Å². The lowest BCUT2D eigenvalue weighted by Crippen LogP contribution is -2.23. The Hall–Kier alpha value is -3.46. The van der Waals surface area contributed by atoms with Gasteiger partial charge in [0, 0.05) is 11.3 Å². The van der Waals surface area contributed by atoms with Crippen molar-refractivity contribution in [2.45, 2.75) is 26.0 Å². The molecule has 0 aliphatic heterocycles. The maximum Gasteiger partial charge on any atom is 0.332 e. The largest absolute Gasteiger partial charge is 0.487 e. The van der Waals surface area contributed by atoms with E-state index in [4.69, 9.17) is 31.1 Å². The number of esters is 1. The van der Waals surface area contributed by atoms with E-state index in [1.807, 2.05) is 13.8 Å². The molecule has 1 unspecified atom stereocenters. The Labute approximate surface area is 187 Å². The molecule has 9 nitrogen and oxygen atoms in total. The number of carbonyl (C=O) groups is 2. The average Bonchev–Trinajstić information content (AvgIpc) is 2.70. The third-order valence-electron chi connectivity index (χ3n) is 3.98. The summed E-state index contributed by atoms with van der Waals surface area (Å²) in [6.07, 6.45) is -0.124. The van der Waals surface area contributed by atoms with Crippen LogP contribution in [-0.2, 0) is 14.3 Å². The standard InChI is InChI=1S/C21H26N4O5.ClH/c1-12(2)30-16-9-6-14(10-17(16)29-11-18(22)26)19(21(27)28-3)25-15-7-4-13(5-8-15)20(23)24;/h4-10,12,19,25H,11H2,1-3H3,(H2,22,26)(H3,23,24);1H. The summed E-state index contributed by atoms with van der Waals surface area (Å²) in [5.74, 6) is -0.511. The molecule has 0 saturated carbocycles. The number of nitrogens with two attached hydrogens (primary N) is 2. The van der Waals surface area contributed by atoms with Crippen LogP contribution in [0.5, 0.6) is 11.5 Å². The van der Waals surface area contributed by atoms with Gasteiger partial charge in [-0.25, -0.2) is 4.79 Å². The van der Waals surface area contributed by atoms with Crippen LogP contribution in [0.15, 0.2) is 42.5 Å². The van der Waals surface area contributed by atoms with Crippen molar-refractivity contribution in [1.82, 2.24) is 0 Å². The Morgan fingerprint density at radius 1 is 1.06 bits per heavy atom. The summed E-state index contributed by atoms with van der Waals surface area (Å²) in [6, 6.07) is 10.8. The molecule has 0 bridgehead atoms. The lowest BCUT2D eigenvalue weighted by Gasteiger charge is -2.21. The number of amidine groups is 1. The highest BCUT2D eigenvalue weighted by Gasteiger charge is 2.23. The van der Waals surface area contributed by atoms with Crippen LogP contribution in [0.3, 0.4) is 0 Å². The number of halogens is 1. The van der Waals surface area contributed by atoms with Gasteiger partial charge in [0.2, 0.25) is 0 Å². The molecule has 1 atom stereocenters. The molecule has 31 heavy (non-hydrogen) atoms. The number of benzene rings is 2. The summed E-state index contributed by atoms with van der Waals surface area (Å²) < 4.78 is 16.1. The van der Waals surface area contributed by atoms with E-state index in [1.165, 1.54) is 7.11 Å². The minimum atomic E-state index is -0.859. The molecule has 2 aromatic rings. The highest BCUT2D eigenvalue weighted by Crippen LogP contribution is 2.33. The Balaban J connectivity index is 0.00000480. The van der Waals surface area contributed by atoms with Crippen LogP contribution in [0.4, 0.5) is 5.69 Å². The third kappa shape index (κ3) is 7.38. The highest BCUT2D eigenvalue weighted by atomic mass is 35.5. The Morgan fingerprint density at radius 2 is 1.71 bits per heavy atom. The number of hydrogen-bond acceptors (Lipinski definition) is 7. The van der Waals surface area contributed by atoms with Gasteiger partial charge in [0.15, 0.2) is 24.1 Å². The SMILES string of the molecule is COC(=O)C(Nc1ccc(C(=N)N)cc1)c1ccc(OC(C)C)c(OCC(N)=O)c1.Cl. The first-order valence-electron chi connectivity index (χ1n) is 9.21. The molecule has 0 spiro atoms. The van der Waals surface area contributed by atoms with E-state index < -0.39 is 17.9 Å². The maximum atomic E-state index is 12.4. The molecule has 0 aliphatic carbocycles. The van der Waals surface area contributed by atoms with E-state index in [9.17, 15) is 9.59 Å². The molecule has 2 aromatic carbocycles. The smallest absolute Gasteiger partial charge is 0.332 e. The van der Waals surface area contributed by atoms with Crippen molar-refractivity contribution in [2.24, 2.45) is 11.5 Å². The maximum absolute atomic E-state index is 12.4. The molecule has 168 valence electrons. The first kappa shape index (κ1) is 25.6. The molecular formula is C21H27ClN4O5. The van der Waals surface area contributed by atoms with Gasteiger partial charge in [-0.1, -0.05) is 6.07 Å². The Bertz CT molecular complexity index is 918. The fourth-order valence-electron chi connectivity index (χ4n) is 2.63. The van der Waals surface area contributed by atoms with E-state index in [-0.39, 0.29) is 36.7 Å². The number of primary amides is 1. The topological polar surface area (TPSA) is 150 Å². The van der Waals surface area contributed by atoms with Gasteiger partial charge in [-0.05, 0) is 55.8 Å². The van der Waals surface area contributed by atoms with Gasteiger partial charge >= 0.3 is 5.97 Å². The number of ether oxygens (including phenoxy) is 3. The first-order chi connectivity index (χ1) is 14.2. The zero-order valence-electron chi connectivity index (χ0n) is 17.5. The number of rotatable bonds is 10. The fraction of sp³-hybridized carbons (Fsp3) is 0.286. The first-order valence-corrected chi connectivity index (χ1v) is 9.21. The van der Waals surface area contributed by atoms with E-state index >= 15 is 0 Å². The molecule has 0 aliphatic rings. The predicted molar refractivity (Wildman–Crippen MR) is 120 cm³/mol. The summed E-state index contributed by atoms with van der Waals surface area (Å²) in [6.45, 7) is 3.38. The quantitative estimate of drug-likeness (QED) is 0.246. The Kier molecular flexibility index (Phi) is 9.62. The number of nitrogens with one attached hydrogen (secondary N) is 2. The van der Waals surface area contributed by atoms with Crippen molar-refractivity contribution in [2.75, 3.05) is 19.0 Å². The molecule has 0 aromatic heterocycles. The second-order valence-electron chi connectivity index (χ2n) is 6.72. The summed E-state index contributed by atoms with van der Waals surface area (Å²) in [7, 11) is 1.29. The number of anilines is 1. The molecular weight excluding hydrogens is 424 g/mol. The summed E-state index contributed by atoms with van der Waals surface area (Å²) >= 11 is 0. The minimum Gasteiger partial charge on any atom is -0.487 e. The molecule has 6 N–H and O–H groups in total. The number of carbonyl (C=O) groups excluding carboxylic acids is 2. The van der Waals surface area contributed by atoms with Crippen molar-refractivity contribution in [3.05, 3.63) is 53.6 Å². The Morgan fingerprint density at radius 3 is 2.23 bits per heavy atom. The summed E-state index contributed by atoms with van der Waals surface area (Å²) in [5, 5.41) is 10.6. The minimum absolute atomic E-state index is 0. The zero-order chi connectivity index (χ0) is 22.3. The van der Waals surface area contributed by atoms with Gasteiger partial charge in [0.05, 0.1) is 13.2 Å². The van der Waals surface area contributed by atoms with Gasteiger partial charge in [0.25, 0.3) is 5.91 Å². The van der Waals surface area contributed by atoms with Crippen LogP contribution < -0.4 is 26.3 Å². The van der Waals surface area contributed by atoms with Gasteiger partial charge in [0.1, 0.15) is 5.84 Å². The van der Waals surface area contributed by atoms with Crippen LogP contribution in [-0.4, -0.2) is 37.5 Å². The van der Waals surface area contributed by atoms with E-state index in [0.29, 0.717) is 22.6 Å². The van der Waals surface area contributed by atoms with Crippen LogP contribution >= 0.6 is 12.4 Å². The molecule has 0 radical (unpaired) electrons. The van der Waals surface area contributed by atoms with E-state index in [2.05, 4.69) is 5.32 Å². The fourth-order valence-corrected chi connectivity index (χ4v) is 2.63. The van der Waals surface area contributed by atoms with Gasteiger partial charge in [-0.15, -0.1) is 12.4 Å². The van der Waals surface area contributed by atoms with Gasteiger partial charge in [-0.3, -0.25) is 10.2 Å². The number of amides is 1. The molecule has 0 fully saturated rings. The molecule has 0 heterocycles. The van der Waals surface area contributed by atoms with Gasteiger partial charge < -0.3 is 31.0 Å². The van der Waals surface area contributed by atoms with Crippen LogP contribution in [0, 0.1) is 5.41 Å². The zero-order valence-corrected chi connectivity index (χ0v) is 18.3. The molecule has 1 amide bonds. The van der Waals surface area contributed by atoms with E-state index in [0.717, 1.165) is 0 Å². The van der Waals surface area contributed by atoms with Crippen molar-refractivity contribution in [3.8, 4) is 11.5 Å². The summed E-state index contributed by atoms with van der Waals surface area (Å²) in [4.78, 5) is 23.6. The number of methoxy groups -OCH3 is 1. The van der Waals surface area contributed by atoms with Crippen molar-refractivity contribution in [1.29, 1.82) is 5.41 Å². The summed E-state index contributed by atoms with van der Waals surface area (Å²) in [5.41, 5.74) is 12.4.